The molecule has 2 aromatic carbocycles. The van der Waals surface area contributed by atoms with Gasteiger partial charge in [0.2, 0.25) is 0 Å². The first-order valence-electron chi connectivity index (χ1n) is 5.60. The van der Waals surface area contributed by atoms with Crippen LogP contribution in [-0.2, 0) is 4.74 Å². The Labute approximate surface area is 116 Å². The van der Waals surface area contributed by atoms with Crippen LogP contribution in [0.4, 0.5) is 17.1 Å². The molecule has 2 rings (SSSR count). The first kappa shape index (κ1) is 13.2. The lowest BCUT2D eigenvalue weighted by molar-refractivity contribution is 0.0601. The minimum atomic E-state index is -0.408. The average Bonchev–Trinajstić information content (AvgIpc) is 2.40. The van der Waals surface area contributed by atoms with E-state index in [1.807, 2.05) is 12.1 Å². The minimum Gasteiger partial charge on any atom is -0.465 e. The first-order valence-corrected chi connectivity index (χ1v) is 5.98. The summed E-state index contributed by atoms with van der Waals surface area (Å²) in [4.78, 5) is 11.5. The summed E-state index contributed by atoms with van der Waals surface area (Å²) in [6.07, 6.45) is 0. The predicted octanol–water partition coefficient (Wildman–Crippen LogP) is 3.45. The van der Waals surface area contributed by atoms with Crippen LogP contribution >= 0.6 is 11.6 Å². The third-order valence-electron chi connectivity index (χ3n) is 2.58. The maximum atomic E-state index is 11.5. The Kier molecular flexibility index (Phi) is 3.92. The summed E-state index contributed by atoms with van der Waals surface area (Å²) >= 11 is 5.91. The minimum absolute atomic E-state index is 0.408. The van der Waals surface area contributed by atoms with Gasteiger partial charge in [0.25, 0.3) is 0 Å². The summed E-state index contributed by atoms with van der Waals surface area (Å²) < 4.78 is 4.67. The topological polar surface area (TPSA) is 64.3 Å². The first-order chi connectivity index (χ1) is 9.10. The van der Waals surface area contributed by atoms with Crippen molar-refractivity contribution < 1.29 is 9.53 Å². The summed E-state index contributed by atoms with van der Waals surface area (Å²) in [5.74, 6) is -0.408. The highest BCUT2D eigenvalue weighted by atomic mass is 35.5. The Morgan fingerprint density at radius 3 is 2.74 bits per heavy atom. The lowest BCUT2D eigenvalue weighted by Crippen LogP contribution is -2.04. The van der Waals surface area contributed by atoms with Crippen molar-refractivity contribution >= 4 is 34.6 Å². The van der Waals surface area contributed by atoms with Crippen LogP contribution in [0.5, 0.6) is 0 Å². The number of methoxy groups -OCH3 is 1. The zero-order valence-corrected chi connectivity index (χ0v) is 11.1. The molecule has 0 bridgehead atoms. The van der Waals surface area contributed by atoms with Crippen LogP contribution in [0, 0.1) is 0 Å². The molecule has 0 atom stereocenters. The average molecular weight is 277 g/mol. The molecule has 0 unspecified atom stereocenters. The van der Waals surface area contributed by atoms with Gasteiger partial charge in [-0.2, -0.15) is 0 Å². The lowest BCUT2D eigenvalue weighted by Gasteiger charge is -2.11. The molecule has 0 saturated heterocycles. The van der Waals surface area contributed by atoms with Gasteiger partial charge < -0.3 is 15.8 Å². The molecule has 0 spiro atoms. The molecule has 0 aromatic heterocycles. The number of carbonyl (C=O) groups excluding carboxylic acids is 1. The number of nitrogen functional groups attached to an aromatic ring is 1. The molecule has 0 radical (unpaired) electrons. The largest absolute Gasteiger partial charge is 0.465 e. The van der Waals surface area contributed by atoms with E-state index in [0.29, 0.717) is 22.0 Å². The number of carbonyl (C=O) groups is 1. The van der Waals surface area contributed by atoms with Gasteiger partial charge in [0.1, 0.15) is 0 Å². The number of nitrogens with one attached hydrogen (secondary N) is 1. The van der Waals surface area contributed by atoms with Gasteiger partial charge in [-0.05, 0) is 36.4 Å². The molecule has 3 N–H and O–H groups in total. The normalized spacial score (nSPS) is 10.0. The highest BCUT2D eigenvalue weighted by molar-refractivity contribution is 6.30. The van der Waals surface area contributed by atoms with Gasteiger partial charge in [0.05, 0.1) is 24.0 Å². The van der Waals surface area contributed by atoms with E-state index in [-0.39, 0.29) is 0 Å². The van der Waals surface area contributed by atoms with Crippen molar-refractivity contribution in [3.05, 3.63) is 53.1 Å². The number of nitrogens with two attached hydrogens (primary N) is 1. The molecule has 0 aliphatic carbocycles. The van der Waals surface area contributed by atoms with Crippen LogP contribution in [0.3, 0.4) is 0 Å². The summed E-state index contributed by atoms with van der Waals surface area (Å²) in [6, 6.07) is 12.1. The standard InChI is InChI=1S/C14H13ClN2O2/c1-19-14(18)9-5-6-12(16)13(7-9)17-11-4-2-3-10(15)8-11/h2-8,17H,16H2,1H3. The molecular formula is C14H13ClN2O2. The predicted molar refractivity (Wildman–Crippen MR) is 76.9 cm³/mol. The van der Waals surface area contributed by atoms with Crippen molar-refractivity contribution in [3.8, 4) is 0 Å². The molecule has 0 aliphatic heterocycles. The summed E-state index contributed by atoms with van der Waals surface area (Å²) in [6.45, 7) is 0. The fraction of sp³-hybridized carbons (Fsp3) is 0.0714. The number of hydrogen-bond acceptors (Lipinski definition) is 4. The van der Waals surface area contributed by atoms with Gasteiger partial charge >= 0.3 is 5.97 Å². The second kappa shape index (κ2) is 5.63. The number of anilines is 3. The number of hydrogen-bond donors (Lipinski definition) is 2. The van der Waals surface area contributed by atoms with Gasteiger partial charge in [-0.3, -0.25) is 0 Å². The van der Waals surface area contributed by atoms with Gasteiger partial charge in [0, 0.05) is 10.7 Å². The monoisotopic (exact) mass is 276 g/mol. The third-order valence-corrected chi connectivity index (χ3v) is 2.81. The van der Waals surface area contributed by atoms with Crippen molar-refractivity contribution in [2.45, 2.75) is 0 Å². The van der Waals surface area contributed by atoms with Crippen molar-refractivity contribution in [2.24, 2.45) is 0 Å². The number of halogens is 1. The second-order valence-corrected chi connectivity index (χ2v) is 4.37. The molecular weight excluding hydrogens is 264 g/mol. The molecule has 4 nitrogen and oxygen atoms in total. The number of esters is 1. The van der Waals surface area contributed by atoms with Gasteiger partial charge in [0.15, 0.2) is 0 Å². The van der Waals surface area contributed by atoms with Crippen molar-refractivity contribution in [1.29, 1.82) is 0 Å². The summed E-state index contributed by atoms with van der Waals surface area (Å²) in [5, 5.41) is 3.73. The summed E-state index contributed by atoms with van der Waals surface area (Å²) in [7, 11) is 1.34. The van der Waals surface area contributed by atoms with Gasteiger partial charge in [-0.15, -0.1) is 0 Å². The van der Waals surface area contributed by atoms with Crippen LogP contribution in [0.1, 0.15) is 10.4 Å². The Balaban J connectivity index is 2.31. The van der Waals surface area contributed by atoms with E-state index in [9.17, 15) is 4.79 Å². The quantitative estimate of drug-likeness (QED) is 0.666. The molecule has 0 amide bonds. The number of rotatable bonds is 3. The Bertz CT molecular complexity index is 614. The molecule has 98 valence electrons. The van der Waals surface area contributed by atoms with Crippen LogP contribution < -0.4 is 11.1 Å². The van der Waals surface area contributed by atoms with Crippen LogP contribution in [0.2, 0.25) is 5.02 Å². The molecule has 5 heteroatoms. The van der Waals surface area contributed by atoms with Crippen LogP contribution in [0.15, 0.2) is 42.5 Å². The lowest BCUT2D eigenvalue weighted by atomic mass is 10.1. The number of ether oxygens (including phenoxy) is 1. The van der Waals surface area contributed by atoms with Crippen LogP contribution in [-0.4, -0.2) is 13.1 Å². The SMILES string of the molecule is COC(=O)c1ccc(N)c(Nc2cccc(Cl)c2)c1. The molecule has 0 saturated carbocycles. The van der Waals surface area contributed by atoms with E-state index in [0.717, 1.165) is 5.69 Å². The van der Waals surface area contributed by atoms with Gasteiger partial charge in [-0.25, -0.2) is 4.79 Å². The van der Waals surface area contributed by atoms with E-state index in [1.54, 1.807) is 30.3 Å². The summed E-state index contributed by atoms with van der Waals surface area (Å²) in [5.41, 5.74) is 8.26. The second-order valence-electron chi connectivity index (χ2n) is 3.93. The van der Waals surface area contributed by atoms with Crippen LogP contribution in [0.25, 0.3) is 0 Å². The Hall–Kier alpha value is -2.20. The maximum Gasteiger partial charge on any atom is 0.337 e. The molecule has 0 heterocycles. The van der Waals surface area contributed by atoms with E-state index < -0.39 is 5.97 Å². The molecule has 0 aliphatic rings. The van der Waals surface area contributed by atoms with Crippen molar-refractivity contribution in [3.63, 3.8) is 0 Å². The fourth-order valence-electron chi connectivity index (χ4n) is 1.63. The highest BCUT2D eigenvalue weighted by Crippen LogP contribution is 2.26. The molecule has 2 aromatic rings. The third kappa shape index (κ3) is 3.17. The molecule has 0 fully saturated rings. The van der Waals surface area contributed by atoms with Crippen molar-refractivity contribution in [2.75, 3.05) is 18.2 Å². The van der Waals surface area contributed by atoms with E-state index >= 15 is 0 Å². The van der Waals surface area contributed by atoms with Gasteiger partial charge in [-0.1, -0.05) is 17.7 Å². The Morgan fingerprint density at radius 1 is 1.26 bits per heavy atom. The number of benzene rings is 2. The van der Waals surface area contributed by atoms with E-state index in [4.69, 9.17) is 17.3 Å². The maximum absolute atomic E-state index is 11.5. The zero-order valence-electron chi connectivity index (χ0n) is 10.3. The molecule has 19 heavy (non-hydrogen) atoms. The van der Waals surface area contributed by atoms with E-state index in [1.165, 1.54) is 7.11 Å². The smallest absolute Gasteiger partial charge is 0.337 e. The Morgan fingerprint density at radius 2 is 2.05 bits per heavy atom. The fourth-order valence-corrected chi connectivity index (χ4v) is 1.82. The van der Waals surface area contributed by atoms with E-state index in [2.05, 4.69) is 10.1 Å². The van der Waals surface area contributed by atoms with Crippen molar-refractivity contribution in [1.82, 2.24) is 0 Å². The zero-order chi connectivity index (χ0) is 13.8. The highest BCUT2D eigenvalue weighted by Gasteiger charge is 2.08.